The quantitative estimate of drug-likeness (QED) is 0.132. The van der Waals surface area contributed by atoms with Crippen LogP contribution in [0.15, 0.2) is 131 Å². The zero-order valence-electron chi connectivity index (χ0n) is 20.2. The molecular weight excluding hydrogens is 518 g/mol. The summed E-state index contributed by atoms with van der Waals surface area (Å²) in [6.45, 7) is 0. The van der Waals surface area contributed by atoms with E-state index in [-0.39, 0.29) is 45.3 Å². The highest BCUT2D eigenvalue weighted by Crippen LogP contribution is 2.26. The fourth-order valence-electron chi connectivity index (χ4n) is 3.38. The van der Waals surface area contributed by atoms with E-state index in [1.165, 1.54) is 12.2 Å². The Morgan fingerprint density at radius 1 is 0.795 bits per heavy atom. The van der Waals surface area contributed by atoms with Gasteiger partial charge in [-0.1, -0.05) is 66.7 Å². The maximum atomic E-state index is 12.8. The number of benzene rings is 3. The molecule has 0 saturated carbocycles. The van der Waals surface area contributed by atoms with Gasteiger partial charge in [-0.2, -0.15) is 13.7 Å². The molecule has 0 saturated heterocycles. The summed E-state index contributed by atoms with van der Waals surface area (Å²) in [4.78, 5) is 25.4. The maximum absolute atomic E-state index is 12.8. The second kappa shape index (κ2) is 12.7. The van der Waals surface area contributed by atoms with Crippen molar-refractivity contribution < 1.29 is 27.5 Å². The molecule has 192 valence electrons. The van der Waals surface area contributed by atoms with Crippen LogP contribution >= 0.6 is 0 Å². The SMILES string of the molecule is N#CC(N=NC1=CC(=S(=O)=O)CC=C1OC(=O)c1ccccc1)=C(OC(=O)c1ccccc1)c1ccccc1. The summed E-state index contributed by atoms with van der Waals surface area (Å²) in [6.07, 6.45) is 2.54. The first-order valence-electron chi connectivity index (χ1n) is 11.5. The molecule has 39 heavy (non-hydrogen) atoms. The van der Waals surface area contributed by atoms with Gasteiger partial charge in [0.1, 0.15) is 11.8 Å². The second-order valence-corrected chi connectivity index (χ2v) is 8.86. The predicted octanol–water partition coefficient (Wildman–Crippen LogP) is 5.27. The molecule has 0 radical (unpaired) electrons. The molecule has 0 amide bonds. The highest BCUT2D eigenvalue weighted by Gasteiger charge is 2.21. The van der Waals surface area contributed by atoms with E-state index in [2.05, 4.69) is 10.2 Å². The molecule has 0 N–H and O–H groups in total. The second-order valence-electron chi connectivity index (χ2n) is 7.87. The molecule has 0 fully saturated rings. The number of hydrogen-bond donors (Lipinski definition) is 0. The minimum atomic E-state index is -2.56. The van der Waals surface area contributed by atoms with Gasteiger partial charge in [0.15, 0.2) is 11.5 Å². The summed E-state index contributed by atoms with van der Waals surface area (Å²) in [5.41, 5.74) is 0.433. The molecule has 9 nitrogen and oxygen atoms in total. The van der Waals surface area contributed by atoms with Crippen LogP contribution in [0, 0.1) is 11.3 Å². The van der Waals surface area contributed by atoms with Gasteiger partial charge in [-0.15, -0.1) is 10.2 Å². The molecule has 0 aromatic heterocycles. The van der Waals surface area contributed by atoms with Gasteiger partial charge in [-0.3, -0.25) is 0 Å². The average molecular weight is 538 g/mol. The summed E-state index contributed by atoms with van der Waals surface area (Å²) in [7, 11) is -2.56. The molecule has 1 aliphatic carbocycles. The van der Waals surface area contributed by atoms with E-state index < -0.39 is 22.2 Å². The molecule has 1 aliphatic rings. The number of nitriles is 1. The van der Waals surface area contributed by atoms with Gasteiger partial charge >= 0.3 is 11.9 Å². The number of ether oxygens (including phenoxy) is 2. The van der Waals surface area contributed by atoms with E-state index in [9.17, 15) is 23.3 Å². The Hall–Kier alpha value is -5.40. The van der Waals surface area contributed by atoms with Gasteiger partial charge in [0.05, 0.1) is 16.0 Å². The summed E-state index contributed by atoms with van der Waals surface area (Å²) in [5.74, 6) is -1.60. The zero-order chi connectivity index (χ0) is 27.6. The number of carbonyl (C=O) groups excluding carboxylic acids is 2. The molecule has 0 atom stereocenters. The maximum Gasteiger partial charge on any atom is 0.343 e. The van der Waals surface area contributed by atoms with Crippen molar-refractivity contribution in [2.45, 2.75) is 6.42 Å². The molecule has 0 aliphatic heterocycles. The van der Waals surface area contributed by atoms with Gasteiger partial charge in [0, 0.05) is 12.0 Å². The Morgan fingerprint density at radius 2 is 1.33 bits per heavy atom. The average Bonchev–Trinajstić information content (AvgIpc) is 2.98. The van der Waals surface area contributed by atoms with Crippen molar-refractivity contribution in [1.82, 2.24) is 0 Å². The van der Waals surface area contributed by atoms with Crippen LogP contribution < -0.4 is 0 Å². The number of hydrogen-bond acceptors (Lipinski definition) is 9. The van der Waals surface area contributed by atoms with E-state index in [1.807, 2.05) is 6.07 Å². The molecule has 0 bridgehead atoms. The van der Waals surface area contributed by atoms with Gasteiger partial charge in [-0.05, 0) is 36.4 Å². The third-order valence-corrected chi connectivity index (χ3v) is 6.00. The first kappa shape index (κ1) is 26.7. The summed E-state index contributed by atoms with van der Waals surface area (Å²) in [5, 5.41) is 17.9. The lowest BCUT2D eigenvalue weighted by molar-refractivity contribution is 0.0628. The van der Waals surface area contributed by atoms with Crippen molar-refractivity contribution >= 4 is 32.9 Å². The van der Waals surface area contributed by atoms with E-state index in [1.54, 1.807) is 91.0 Å². The van der Waals surface area contributed by atoms with Crippen molar-refractivity contribution in [1.29, 1.82) is 5.26 Å². The van der Waals surface area contributed by atoms with Crippen LogP contribution in [0.5, 0.6) is 0 Å². The summed E-state index contributed by atoms with van der Waals surface area (Å²) in [6, 6.07) is 26.6. The first-order chi connectivity index (χ1) is 19.0. The zero-order valence-corrected chi connectivity index (χ0v) is 21.0. The number of nitrogens with zero attached hydrogens (tertiary/aromatic N) is 3. The van der Waals surface area contributed by atoms with Crippen molar-refractivity contribution in [2.75, 3.05) is 0 Å². The molecule has 0 spiro atoms. The number of esters is 2. The molecule has 3 aromatic rings. The van der Waals surface area contributed by atoms with E-state index in [0.717, 1.165) is 0 Å². The van der Waals surface area contributed by atoms with Crippen LogP contribution in [0.4, 0.5) is 0 Å². The Bertz CT molecular complexity index is 1690. The normalized spacial score (nSPS) is 13.5. The van der Waals surface area contributed by atoms with Crippen LogP contribution in [-0.4, -0.2) is 25.2 Å². The first-order valence-corrected chi connectivity index (χ1v) is 12.6. The van der Waals surface area contributed by atoms with Crippen LogP contribution in [-0.2, 0) is 19.8 Å². The fraction of sp³-hybridized carbons (Fsp3) is 0.0345. The third-order valence-electron chi connectivity index (χ3n) is 5.28. The van der Waals surface area contributed by atoms with E-state index in [0.29, 0.717) is 5.56 Å². The molecule has 3 aromatic carbocycles. The van der Waals surface area contributed by atoms with Crippen molar-refractivity contribution in [3.05, 3.63) is 137 Å². The standard InChI is InChI=1S/C29H19N3O6S/c30-19-25(27(20-10-4-1-5-11-20)38-29(34)22-14-8-3-9-15-22)32-31-24-18-23(39(35)36)16-17-26(24)37-28(33)21-12-6-2-7-13-21/h1-15,17-18H,16H2. The summed E-state index contributed by atoms with van der Waals surface area (Å²) < 4.78 is 34.2. The van der Waals surface area contributed by atoms with E-state index in [4.69, 9.17) is 9.47 Å². The molecule has 10 heteroatoms. The Kier molecular flexibility index (Phi) is 8.69. The highest BCUT2D eigenvalue weighted by molar-refractivity contribution is 7.73. The van der Waals surface area contributed by atoms with Gasteiger partial charge in [0.25, 0.3) is 0 Å². The Labute approximate surface area is 225 Å². The number of azo groups is 1. The monoisotopic (exact) mass is 537 g/mol. The molecule has 0 heterocycles. The van der Waals surface area contributed by atoms with Crippen LogP contribution in [0.25, 0.3) is 5.76 Å². The lowest BCUT2D eigenvalue weighted by Gasteiger charge is -2.13. The van der Waals surface area contributed by atoms with Gasteiger partial charge < -0.3 is 9.47 Å². The van der Waals surface area contributed by atoms with Gasteiger partial charge in [0.2, 0.25) is 16.0 Å². The van der Waals surface area contributed by atoms with E-state index >= 15 is 0 Å². The fourth-order valence-corrected chi connectivity index (χ4v) is 3.81. The molecular formula is C29H19N3O6S. The minimum Gasteiger partial charge on any atom is -0.421 e. The predicted molar refractivity (Wildman–Crippen MR) is 142 cm³/mol. The van der Waals surface area contributed by atoms with Crippen molar-refractivity contribution in [3.8, 4) is 6.07 Å². The smallest absolute Gasteiger partial charge is 0.343 e. The van der Waals surface area contributed by atoms with Crippen LogP contribution in [0.3, 0.4) is 0 Å². The van der Waals surface area contributed by atoms with Crippen molar-refractivity contribution in [2.24, 2.45) is 10.2 Å². The van der Waals surface area contributed by atoms with Crippen LogP contribution in [0.1, 0.15) is 32.7 Å². The van der Waals surface area contributed by atoms with Gasteiger partial charge in [-0.25, -0.2) is 9.59 Å². The number of carbonyl (C=O) groups is 2. The Balaban J connectivity index is 1.72. The van der Waals surface area contributed by atoms with Crippen molar-refractivity contribution in [3.63, 3.8) is 0 Å². The topological polar surface area (TPSA) is 135 Å². The van der Waals surface area contributed by atoms with Crippen LogP contribution in [0.2, 0.25) is 0 Å². The number of rotatable bonds is 7. The summed E-state index contributed by atoms with van der Waals surface area (Å²) >= 11 is 0. The minimum absolute atomic E-state index is 0.0234. The lowest BCUT2D eigenvalue weighted by Crippen LogP contribution is -2.11. The lowest BCUT2D eigenvalue weighted by atomic mass is 10.1. The largest absolute Gasteiger partial charge is 0.421 e. The third kappa shape index (κ3) is 6.88. The highest BCUT2D eigenvalue weighted by atomic mass is 32.2. The molecule has 4 rings (SSSR count). The Morgan fingerprint density at radius 3 is 1.87 bits per heavy atom. The number of allylic oxidation sites excluding steroid dienone is 3. The molecule has 0 unspecified atom stereocenters.